The lowest BCUT2D eigenvalue weighted by atomic mass is 9.82. The lowest BCUT2D eigenvalue weighted by Gasteiger charge is -2.25. The Morgan fingerprint density at radius 2 is 1.91 bits per heavy atom. The summed E-state index contributed by atoms with van der Waals surface area (Å²) in [6.07, 6.45) is 17.6. The Bertz CT molecular complexity index is 1030. The van der Waals surface area contributed by atoms with E-state index in [1.807, 2.05) is 24.3 Å². The van der Waals surface area contributed by atoms with Gasteiger partial charge in [-0.25, -0.2) is 17.6 Å². The zero-order valence-electron chi connectivity index (χ0n) is 20.3. The summed E-state index contributed by atoms with van der Waals surface area (Å²) in [4.78, 5) is 0. The van der Waals surface area contributed by atoms with Crippen LogP contribution in [0.4, 0.5) is 17.6 Å². The third-order valence-electron chi connectivity index (χ3n) is 6.98. The molecular formula is C30H34F4O. The van der Waals surface area contributed by atoms with E-state index in [4.69, 9.17) is 4.74 Å². The molecule has 5 heteroatoms. The number of methoxy groups -OCH3 is 1. The van der Waals surface area contributed by atoms with Gasteiger partial charge in [0.05, 0.1) is 0 Å². The maximum Gasteiger partial charge on any atom is 0.165 e. The first kappa shape index (κ1) is 26.9. The van der Waals surface area contributed by atoms with E-state index in [1.54, 1.807) is 12.2 Å². The van der Waals surface area contributed by atoms with Gasteiger partial charge in [-0.2, -0.15) is 0 Å². The zero-order chi connectivity index (χ0) is 25.4. The van der Waals surface area contributed by atoms with Crippen molar-refractivity contribution in [1.82, 2.24) is 0 Å². The molecule has 0 amide bonds. The molecule has 0 aromatic heterocycles. The molecule has 188 valence electrons. The van der Waals surface area contributed by atoms with Crippen LogP contribution in [0.5, 0.6) is 0 Å². The molecular weight excluding hydrogens is 452 g/mol. The van der Waals surface area contributed by atoms with Gasteiger partial charge in [-0.1, -0.05) is 61.8 Å². The zero-order valence-corrected chi connectivity index (χ0v) is 20.3. The third kappa shape index (κ3) is 6.72. The van der Waals surface area contributed by atoms with Crippen LogP contribution in [0, 0.1) is 11.8 Å². The van der Waals surface area contributed by atoms with Gasteiger partial charge in [-0.15, -0.1) is 0 Å². The molecule has 0 aromatic rings. The van der Waals surface area contributed by atoms with Gasteiger partial charge in [0.2, 0.25) is 0 Å². The van der Waals surface area contributed by atoms with Gasteiger partial charge in [0.1, 0.15) is 11.9 Å². The number of halogens is 4. The Labute approximate surface area is 206 Å². The topological polar surface area (TPSA) is 9.23 Å². The fraction of sp³-hybridized carbons (Fsp3) is 0.400. The minimum atomic E-state index is -0.851. The average molecular weight is 487 g/mol. The highest BCUT2D eigenvalue weighted by atomic mass is 19.2. The summed E-state index contributed by atoms with van der Waals surface area (Å²) in [6.45, 7) is 7.37. The Balaban J connectivity index is 1.54. The number of hydrogen-bond donors (Lipinski definition) is 0. The van der Waals surface area contributed by atoms with E-state index in [9.17, 15) is 17.6 Å². The highest BCUT2D eigenvalue weighted by Gasteiger charge is 2.28. The Hall–Kier alpha value is -2.66. The summed E-state index contributed by atoms with van der Waals surface area (Å²) in [6, 6.07) is 0. The van der Waals surface area contributed by atoms with E-state index in [1.165, 1.54) is 19.3 Å². The number of allylic oxidation sites excluding steroid dienone is 14. The van der Waals surface area contributed by atoms with Crippen molar-refractivity contribution in [2.24, 2.45) is 11.8 Å². The molecule has 0 N–H and O–H groups in total. The summed E-state index contributed by atoms with van der Waals surface area (Å²) >= 11 is 0. The van der Waals surface area contributed by atoms with E-state index < -0.39 is 29.4 Å². The number of hydrogen-bond acceptors (Lipinski definition) is 1. The molecule has 3 aliphatic carbocycles. The molecule has 0 radical (unpaired) electrons. The van der Waals surface area contributed by atoms with Crippen molar-refractivity contribution in [3.8, 4) is 0 Å². The van der Waals surface area contributed by atoms with E-state index >= 15 is 0 Å². The van der Waals surface area contributed by atoms with Crippen LogP contribution in [-0.4, -0.2) is 13.2 Å². The van der Waals surface area contributed by atoms with Crippen molar-refractivity contribution in [3.63, 3.8) is 0 Å². The van der Waals surface area contributed by atoms with Gasteiger partial charge >= 0.3 is 0 Å². The third-order valence-corrected chi connectivity index (χ3v) is 6.98. The van der Waals surface area contributed by atoms with E-state index in [-0.39, 0.29) is 12.3 Å². The second-order valence-corrected chi connectivity index (χ2v) is 9.19. The fourth-order valence-electron chi connectivity index (χ4n) is 4.87. The lowest BCUT2D eigenvalue weighted by molar-refractivity contribution is 0.109. The molecule has 3 aliphatic rings. The van der Waals surface area contributed by atoms with E-state index in [0.29, 0.717) is 42.7 Å². The largest absolute Gasteiger partial charge is 0.374 e. The highest BCUT2D eigenvalue weighted by molar-refractivity contribution is 5.48. The van der Waals surface area contributed by atoms with Crippen molar-refractivity contribution in [2.45, 2.75) is 57.5 Å². The van der Waals surface area contributed by atoms with Crippen molar-refractivity contribution in [3.05, 3.63) is 107 Å². The summed E-state index contributed by atoms with van der Waals surface area (Å²) in [5.74, 6) is -3.14. The van der Waals surface area contributed by atoms with Crippen LogP contribution in [0.2, 0.25) is 0 Å². The second-order valence-electron chi connectivity index (χ2n) is 9.19. The molecule has 1 nitrogen and oxygen atoms in total. The molecule has 3 rings (SSSR count). The van der Waals surface area contributed by atoms with Gasteiger partial charge in [-0.3, -0.25) is 0 Å². The van der Waals surface area contributed by atoms with Crippen LogP contribution >= 0.6 is 0 Å². The lowest BCUT2D eigenvalue weighted by Crippen LogP contribution is -2.17. The molecule has 0 saturated carbocycles. The highest BCUT2D eigenvalue weighted by Crippen LogP contribution is 2.39. The smallest absolute Gasteiger partial charge is 0.165 e. The summed E-state index contributed by atoms with van der Waals surface area (Å²) < 4.78 is 63.2. The maximum atomic E-state index is 15.0. The molecule has 0 heterocycles. The summed E-state index contributed by atoms with van der Waals surface area (Å²) in [5, 5.41) is 0. The van der Waals surface area contributed by atoms with Crippen molar-refractivity contribution < 1.29 is 22.3 Å². The predicted octanol–water partition coefficient (Wildman–Crippen LogP) is 9.33. The minimum Gasteiger partial charge on any atom is -0.374 e. The van der Waals surface area contributed by atoms with Crippen molar-refractivity contribution in [2.75, 3.05) is 7.11 Å². The summed E-state index contributed by atoms with van der Waals surface area (Å²) in [7, 11) is 1.37. The van der Waals surface area contributed by atoms with Gasteiger partial charge in [0.25, 0.3) is 0 Å². The Morgan fingerprint density at radius 3 is 2.51 bits per heavy atom. The van der Waals surface area contributed by atoms with Gasteiger partial charge in [0, 0.05) is 25.0 Å². The fourth-order valence-corrected chi connectivity index (χ4v) is 4.87. The van der Waals surface area contributed by atoms with Crippen LogP contribution in [0.1, 0.15) is 51.4 Å². The molecule has 0 bridgehead atoms. The van der Waals surface area contributed by atoms with Crippen molar-refractivity contribution in [1.29, 1.82) is 0 Å². The minimum absolute atomic E-state index is 0.0315. The molecule has 3 atom stereocenters. The van der Waals surface area contributed by atoms with Crippen LogP contribution in [-0.2, 0) is 4.74 Å². The van der Waals surface area contributed by atoms with Crippen LogP contribution in [0.15, 0.2) is 107 Å². The van der Waals surface area contributed by atoms with Crippen molar-refractivity contribution >= 4 is 0 Å². The van der Waals surface area contributed by atoms with Gasteiger partial charge < -0.3 is 4.74 Å². The Kier molecular flexibility index (Phi) is 9.91. The van der Waals surface area contributed by atoms with Crippen LogP contribution in [0.25, 0.3) is 0 Å². The number of rotatable bonds is 10. The molecule has 35 heavy (non-hydrogen) atoms. The quantitative estimate of drug-likeness (QED) is 0.221. The first-order valence-corrected chi connectivity index (χ1v) is 12.2. The Morgan fingerprint density at radius 1 is 1.11 bits per heavy atom. The molecule has 0 aliphatic heterocycles. The molecule has 0 saturated heterocycles. The van der Waals surface area contributed by atoms with Crippen LogP contribution in [0.3, 0.4) is 0 Å². The normalized spacial score (nSPS) is 26.0. The summed E-state index contributed by atoms with van der Waals surface area (Å²) in [5.41, 5.74) is 2.42. The SMILES string of the molecule is C=C/C=C(\C(F)=C(\F)CCCC1CC=C(C2=CCC(OC)C(F)=C2F)CC1)C1C=CC(C=C)=CC1. The number of ether oxygens (including phenoxy) is 1. The van der Waals surface area contributed by atoms with E-state index in [0.717, 1.165) is 30.4 Å². The second kappa shape index (κ2) is 12.9. The molecule has 0 aromatic carbocycles. The average Bonchev–Trinajstić information content (AvgIpc) is 2.89. The molecule has 0 spiro atoms. The molecule has 3 unspecified atom stereocenters. The standard InChI is InChI=1S/C30H34F4O/c1-4-7-24(22-14-10-20(5-2)11-15-22)28(32)26(31)9-6-8-21-12-16-23(17-13-21)25-18-19-27(35-3)30(34)29(25)33/h4-5,7,10-11,14,16,18,21-22,27H,1-2,6,8-9,12-13,15,17,19H2,3H3/b24-7-,28-26-. The van der Waals surface area contributed by atoms with Gasteiger partial charge in [0.15, 0.2) is 17.5 Å². The molecule has 0 fully saturated rings. The monoisotopic (exact) mass is 486 g/mol. The van der Waals surface area contributed by atoms with Crippen LogP contribution < -0.4 is 0 Å². The maximum absolute atomic E-state index is 15.0. The van der Waals surface area contributed by atoms with Gasteiger partial charge in [-0.05, 0) is 67.6 Å². The first-order chi connectivity index (χ1) is 16.9. The predicted molar refractivity (Wildman–Crippen MR) is 135 cm³/mol. The van der Waals surface area contributed by atoms with E-state index in [2.05, 4.69) is 13.2 Å². The first-order valence-electron chi connectivity index (χ1n) is 12.2.